The first-order chi connectivity index (χ1) is 12.4. The van der Waals surface area contributed by atoms with Crippen molar-refractivity contribution in [3.05, 3.63) is 18.2 Å². The number of fused-ring (bicyclic) bond motifs is 1. The van der Waals surface area contributed by atoms with Gasteiger partial charge in [-0.05, 0) is 79.9 Å². The molecule has 5 aliphatic rings. The Kier molecular flexibility index (Phi) is 4.29. The summed E-state index contributed by atoms with van der Waals surface area (Å²) in [4.78, 5) is 21.7. The highest BCUT2D eigenvalue weighted by atomic mass is 16.5. The van der Waals surface area contributed by atoms with Crippen LogP contribution in [0.5, 0.6) is 5.75 Å². The van der Waals surface area contributed by atoms with Crippen LogP contribution in [-0.2, 0) is 9.59 Å². The maximum absolute atomic E-state index is 10.9. The molecule has 4 fully saturated rings. The van der Waals surface area contributed by atoms with Crippen LogP contribution in [0, 0.1) is 23.2 Å². The molecule has 4 bridgehead atoms. The number of rotatable bonds is 2. The van der Waals surface area contributed by atoms with Crippen molar-refractivity contribution in [2.45, 2.75) is 44.9 Å². The molecular weight excluding hydrogens is 332 g/mol. The normalized spacial score (nSPS) is 33.4. The largest absolute Gasteiger partial charge is 0.482 e. The summed E-state index contributed by atoms with van der Waals surface area (Å²) in [6, 6.07) is 5.15. The molecule has 0 aromatic heterocycles. The Bertz CT molecular complexity index is 695. The molecule has 1 heterocycles. The van der Waals surface area contributed by atoms with Crippen LogP contribution in [0.3, 0.4) is 0 Å². The van der Waals surface area contributed by atoms with E-state index in [4.69, 9.17) is 15.6 Å². The summed E-state index contributed by atoms with van der Waals surface area (Å²) in [7, 11) is 0. The number of hydrogen-bond acceptors (Lipinski definition) is 4. The maximum Gasteiger partial charge on any atom is 0.303 e. The van der Waals surface area contributed by atoms with Gasteiger partial charge in [0.05, 0.1) is 12.1 Å². The first-order valence-corrected chi connectivity index (χ1v) is 9.45. The summed E-state index contributed by atoms with van der Waals surface area (Å²) in [5, 5.41) is 11.6. The molecule has 1 aromatic rings. The Labute approximate surface area is 153 Å². The van der Waals surface area contributed by atoms with Gasteiger partial charge in [0, 0.05) is 5.69 Å². The first kappa shape index (κ1) is 17.2. The Morgan fingerprint density at radius 2 is 1.81 bits per heavy atom. The summed E-state index contributed by atoms with van der Waals surface area (Å²) < 4.78 is 5.12. The monoisotopic (exact) mass is 358 g/mol. The number of carbonyl (C=O) groups is 2. The molecule has 140 valence electrons. The third-order valence-electron chi connectivity index (χ3n) is 6.33. The molecule has 1 amide bonds. The quantitative estimate of drug-likeness (QED) is 0.704. The van der Waals surface area contributed by atoms with E-state index in [1.54, 1.807) is 18.2 Å². The lowest BCUT2D eigenvalue weighted by molar-refractivity contribution is -0.145. The van der Waals surface area contributed by atoms with Gasteiger partial charge in [0.1, 0.15) is 5.75 Å². The number of aliphatic carboxylic acids is 1. The van der Waals surface area contributed by atoms with E-state index >= 15 is 0 Å². The third-order valence-corrected chi connectivity index (χ3v) is 6.33. The van der Waals surface area contributed by atoms with Gasteiger partial charge >= 0.3 is 5.97 Å². The average Bonchev–Trinajstić information content (AvgIpc) is 2.52. The summed E-state index contributed by atoms with van der Waals surface area (Å²) in [6.07, 6.45) is 8.29. The lowest BCUT2D eigenvalue weighted by atomic mass is 9.49. The topological polar surface area (TPSA) is 102 Å². The minimum atomic E-state index is -0.577. The first-order valence-electron chi connectivity index (χ1n) is 9.45. The fourth-order valence-corrected chi connectivity index (χ4v) is 5.93. The number of carboxylic acids is 1. The van der Waals surface area contributed by atoms with Gasteiger partial charge in [-0.3, -0.25) is 9.59 Å². The zero-order chi connectivity index (χ0) is 18.3. The zero-order valence-corrected chi connectivity index (χ0v) is 14.9. The van der Waals surface area contributed by atoms with E-state index in [9.17, 15) is 9.59 Å². The Hall–Kier alpha value is -2.24. The highest BCUT2D eigenvalue weighted by molar-refractivity contribution is 5.95. The fraction of sp³-hybridized carbons (Fsp3) is 0.600. The van der Waals surface area contributed by atoms with E-state index in [-0.39, 0.29) is 17.9 Å². The SMILES string of the molecule is Nc1ccc2c(c1)NC(=O)CO2.O=C(O)CC12CC3CC(CC(C3)C1)C2. The number of amides is 1. The van der Waals surface area contributed by atoms with Gasteiger partial charge in [0.25, 0.3) is 5.91 Å². The second kappa shape index (κ2) is 6.49. The molecule has 0 radical (unpaired) electrons. The van der Waals surface area contributed by atoms with Crippen molar-refractivity contribution >= 4 is 23.3 Å². The molecule has 4 aliphatic carbocycles. The van der Waals surface area contributed by atoms with Crippen molar-refractivity contribution in [1.29, 1.82) is 0 Å². The predicted octanol–water partition coefficient (Wildman–Crippen LogP) is 3.28. The summed E-state index contributed by atoms with van der Waals surface area (Å²) >= 11 is 0. The number of carbonyl (C=O) groups excluding carboxylic acids is 1. The number of carboxylic acid groups (broad SMARTS) is 1. The minimum Gasteiger partial charge on any atom is -0.482 e. The van der Waals surface area contributed by atoms with Crippen LogP contribution < -0.4 is 15.8 Å². The maximum atomic E-state index is 10.9. The van der Waals surface area contributed by atoms with Crippen LogP contribution in [0.2, 0.25) is 0 Å². The van der Waals surface area contributed by atoms with Crippen LogP contribution in [0.1, 0.15) is 44.9 Å². The fourth-order valence-electron chi connectivity index (χ4n) is 5.93. The molecule has 0 spiro atoms. The Morgan fingerprint density at radius 3 is 2.38 bits per heavy atom. The molecule has 4 saturated carbocycles. The van der Waals surface area contributed by atoms with Gasteiger partial charge in [0.15, 0.2) is 6.61 Å². The van der Waals surface area contributed by atoms with Gasteiger partial charge in [-0.15, -0.1) is 0 Å². The zero-order valence-electron chi connectivity index (χ0n) is 14.9. The van der Waals surface area contributed by atoms with Crippen LogP contribution in [-0.4, -0.2) is 23.6 Å². The van der Waals surface area contributed by atoms with Crippen molar-refractivity contribution in [3.8, 4) is 5.75 Å². The number of ether oxygens (including phenoxy) is 1. The van der Waals surface area contributed by atoms with Gasteiger partial charge in [-0.2, -0.15) is 0 Å². The smallest absolute Gasteiger partial charge is 0.303 e. The van der Waals surface area contributed by atoms with E-state index in [0.717, 1.165) is 17.8 Å². The van der Waals surface area contributed by atoms with Crippen LogP contribution >= 0.6 is 0 Å². The number of nitrogens with one attached hydrogen (secondary N) is 1. The molecule has 26 heavy (non-hydrogen) atoms. The minimum absolute atomic E-state index is 0.0803. The molecule has 0 unspecified atom stereocenters. The Morgan fingerprint density at radius 1 is 1.19 bits per heavy atom. The number of benzene rings is 1. The lowest BCUT2D eigenvalue weighted by Gasteiger charge is -2.56. The van der Waals surface area contributed by atoms with E-state index in [1.807, 2.05) is 0 Å². The molecule has 6 nitrogen and oxygen atoms in total. The second-order valence-electron chi connectivity index (χ2n) is 8.58. The van der Waals surface area contributed by atoms with E-state index in [2.05, 4.69) is 5.32 Å². The summed E-state index contributed by atoms with van der Waals surface area (Å²) in [6.45, 7) is 0.0803. The number of hydrogen-bond donors (Lipinski definition) is 3. The molecule has 0 atom stereocenters. The van der Waals surface area contributed by atoms with Gasteiger partial charge in [0.2, 0.25) is 0 Å². The molecular formula is C20H26N2O4. The number of anilines is 2. The lowest BCUT2D eigenvalue weighted by Crippen LogP contribution is -2.46. The van der Waals surface area contributed by atoms with Gasteiger partial charge in [-0.25, -0.2) is 0 Å². The molecule has 1 aromatic carbocycles. The van der Waals surface area contributed by atoms with Crippen LogP contribution in [0.4, 0.5) is 11.4 Å². The highest BCUT2D eigenvalue weighted by Crippen LogP contribution is 2.61. The van der Waals surface area contributed by atoms with E-state index in [1.165, 1.54) is 38.5 Å². The molecule has 1 aliphatic heterocycles. The van der Waals surface area contributed by atoms with E-state index in [0.29, 0.717) is 23.5 Å². The number of nitrogen functional groups attached to an aromatic ring is 1. The molecule has 4 N–H and O–H groups in total. The van der Waals surface area contributed by atoms with E-state index < -0.39 is 5.97 Å². The average molecular weight is 358 g/mol. The molecule has 6 rings (SSSR count). The van der Waals surface area contributed by atoms with Crippen molar-refractivity contribution in [1.82, 2.24) is 0 Å². The Balaban J connectivity index is 0.000000131. The van der Waals surface area contributed by atoms with Crippen LogP contribution in [0.15, 0.2) is 18.2 Å². The van der Waals surface area contributed by atoms with Crippen LogP contribution in [0.25, 0.3) is 0 Å². The summed E-state index contributed by atoms with van der Waals surface area (Å²) in [5.74, 6) is 2.57. The standard InChI is InChI=1S/C12H18O2.C8H8N2O2/c13-11(14)7-12-4-8-1-9(5-12)3-10(2-8)6-12;9-5-1-2-7-6(3-5)10-8(11)4-12-7/h8-10H,1-7H2,(H,13,14);1-3H,4,9H2,(H,10,11). The summed E-state index contributed by atoms with van der Waals surface area (Å²) in [5.41, 5.74) is 7.00. The molecule has 0 saturated heterocycles. The second-order valence-corrected chi connectivity index (χ2v) is 8.58. The molecule has 6 heteroatoms. The van der Waals surface area contributed by atoms with Gasteiger partial charge < -0.3 is 20.9 Å². The number of nitrogens with two attached hydrogens (primary N) is 1. The van der Waals surface area contributed by atoms with Crippen molar-refractivity contribution in [2.24, 2.45) is 23.2 Å². The van der Waals surface area contributed by atoms with Crippen molar-refractivity contribution in [3.63, 3.8) is 0 Å². The third kappa shape index (κ3) is 3.50. The van der Waals surface area contributed by atoms with Gasteiger partial charge in [-0.1, -0.05) is 0 Å². The van der Waals surface area contributed by atoms with Crippen molar-refractivity contribution in [2.75, 3.05) is 17.7 Å². The van der Waals surface area contributed by atoms with Crippen molar-refractivity contribution < 1.29 is 19.4 Å². The predicted molar refractivity (Wildman–Crippen MR) is 97.8 cm³/mol. The highest BCUT2D eigenvalue weighted by Gasteiger charge is 2.51.